The van der Waals surface area contributed by atoms with E-state index in [0.29, 0.717) is 32.0 Å². The van der Waals surface area contributed by atoms with Crippen molar-refractivity contribution < 1.29 is 18.0 Å². The first kappa shape index (κ1) is 25.0. The van der Waals surface area contributed by atoms with Gasteiger partial charge in [-0.15, -0.1) is 24.8 Å². The van der Waals surface area contributed by atoms with Gasteiger partial charge in [-0.25, -0.2) is 0 Å². The minimum absolute atomic E-state index is 0. The second-order valence-electron chi connectivity index (χ2n) is 5.68. The maximum atomic E-state index is 12.3. The Kier molecular flexibility index (Phi) is 14.2. The van der Waals surface area contributed by atoms with Gasteiger partial charge in [-0.3, -0.25) is 9.69 Å². The molecule has 1 fully saturated rings. The highest BCUT2D eigenvalue weighted by Crippen LogP contribution is 2.23. The van der Waals surface area contributed by atoms with E-state index in [2.05, 4.69) is 10.6 Å². The topological polar surface area (TPSA) is 44.4 Å². The maximum absolute atomic E-state index is 12.3. The minimum atomic E-state index is -4.10. The molecular formula is C14H28Cl2F3N3O. The Hall–Kier alpha value is -0.240. The molecule has 0 aromatic heterocycles. The summed E-state index contributed by atoms with van der Waals surface area (Å²) in [6, 6.07) is 0. The number of amides is 1. The Morgan fingerprint density at radius 2 is 1.78 bits per heavy atom. The van der Waals surface area contributed by atoms with Gasteiger partial charge in [0.05, 0.1) is 6.54 Å². The fourth-order valence-corrected chi connectivity index (χ4v) is 2.62. The number of nitrogens with one attached hydrogen (secondary N) is 2. The highest BCUT2D eigenvalue weighted by molar-refractivity contribution is 5.85. The monoisotopic (exact) mass is 381 g/mol. The number of hydrogen-bond acceptors (Lipinski definition) is 3. The summed E-state index contributed by atoms with van der Waals surface area (Å²) in [4.78, 5) is 13.0. The van der Waals surface area contributed by atoms with Crippen LogP contribution >= 0.6 is 24.8 Å². The van der Waals surface area contributed by atoms with E-state index >= 15 is 0 Å². The van der Waals surface area contributed by atoms with Crippen LogP contribution in [0, 0.1) is 5.92 Å². The molecule has 1 aliphatic heterocycles. The third-order valence-corrected chi connectivity index (χ3v) is 3.82. The first-order valence-electron chi connectivity index (χ1n) is 7.61. The van der Waals surface area contributed by atoms with Crippen LogP contribution in [0.2, 0.25) is 0 Å². The molecule has 0 bridgehead atoms. The second-order valence-corrected chi connectivity index (χ2v) is 5.68. The Balaban J connectivity index is 0. The third-order valence-electron chi connectivity index (χ3n) is 3.82. The number of carbonyl (C=O) groups is 1. The molecule has 23 heavy (non-hydrogen) atoms. The molecule has 4 nitrogen and oxygen atoms in total. The van der Waals surface area contributed by atoms with E-state index in [1.54, 1.807) is 0 Å². The molecule has 0 aromatic carbocycles. The van der Waals surface area contributed by atoms with Crippen molar-refractivity contribution in [2.75, 3.05) is 39.8 Å². The zero-order valence-corrected chi connectivity index (χ0v) is 15.1. The number of rotatable bonds is 8. The number of piperidine rings is 1. The van der Waals surface area contributed by atoms with Crippen molar-refractivity contribution in [1.29, 1.82) is 0 Å². The molecule has 140 valence electrons. The second kappa shape index (κ2) is 13.1. The summed E-state index contributed by atoms with van der Waals surface area (Å²) >= 11 is 0. The average Bonchev–Trinajstić information content (AvgIpc) is 2.39. The molecule has 1 aliphatic rings. The van der Waals surface area contributed by atoms with Gasteiger partial charge in [0.1, 0.15) is 0 Å². The minimum Gasteiger partial charge on any atom is -0.356 e. The first-order valence-corrected chi connectivity index (χ1v) is 7.61. The molecular weight excluding hydrogens is 354 g/mol. The van der Waals surface area contributed by atoms with E-state index in [0.717, 1.165) is 32.2 Å². The zero-order chi connectivity index (χ0) is 15.7. The molecule has 0 spiro atoms. The number of halogens is 5. The van der Waals surface area contributed by atoms with Gasteiger partial charge in [0.15, 0.2) is 0 Å². The van der Waals surface area contributed by atoms with Gasteiger partial charge in [0.2, 0.25) is 5.91 Å². The molecule has 2 N–H and O–H groups in total. The number of alkyl halides is 3. The summed E-state index contributed by atoms with van der Waals surface area (Å²) in [5.41, 5.74) is 0. The normalized spacial score (nSPS) is 16.3. The lowest BCUT2D eigenvalue weighted by molar-refractivity contribution is -0.148. The largest absolute Gasteiger partial charge is 0.401 e. The van der Waals surface area contributed by atoms with Crippen molar-refractivity contribution in [3.8, 4) is 0 Å². The smallest absolute Gasteiger partial charge is 0.356 e. The standard InChI is InChI=1S/C14H26F3N3O.2ClH/c1-18-7-2-3-13(21)19-8-4-12-5-9-20(10-6-12)11-14(15,16)17;;/h12,18H,2-11H2,1H3,(H,19,21);2*1H. The van der Waals surface area contributed by atoms with Crippen LogP contribution in [-0.2, 0) is 4.79 Å². The number of nitrogens with zero attached hydrogens (tertiary/aromatic N) is 1. The molecule has 0 aromatic rings. The van der Waals surface area contributed by atoms with Gasteiger partial charge in [-0.1, -0.05) is 0 Å². The first-order chi connectivity index (χ1) is 9.90. The van der Waals surface area contributed by atoms with Gasteiger partial charge >= 0.3 is 6.18 Å². The summed E-state index contributed by atoms with van der Waals surface area (Å²) < 4.78 is 36.8. The number of likely N-dealkylation sites (tertiary alicyclic amines) is 1. The summed E-state index contributed by atoms with van der Waals surface area (Å²) in [6.07, 6.45) is -0.341. The van der Waals surface area contributed by atoms with Gasteiger partial charge in [-0.2, -0.15) is 13.2 Å². The van der Waals surface area contributed by atoms with Crippen molar-refractivity contribution in [2.24, 2.45) is 5.92 Å². The van der Waals surface area contributed by atoms with Gasteiger partial charge in [-0.05, 0) is 58.3 Å². The number of hydrogen-bond donors (Lipinski definition) is 2. The predicted octanol–water partition coefficient (Wildman–Crippen LogP) is 2.61. The maximum Gasteiger partial charge on any atom is 0.401 e. The van der Waals surface area contributed by atoms with Crippen LogP contribution < -0.4 is 10.6 Å². The third kappa shape index (κ3) is 12.8. The SMILES string of the molecule is CNCCCC(=O)NCCC1CCN(CC(F)(F)F)CC1.Cl.Cl. The van der Waals surface area contributed by atoms with Crippen molar-refractivity contribution in [3.05, 3.63) is 0 Å². The molecule has 0 unspecified atom stereocenters. The van der Waals surface area contributed by atoms with Gasteiger partial charge in [0, 0.05) is 13.0 Å². The zero-order valence-electron chi connectivity index (χ0n) is 13.5. The predicted molar refractivity (Wildman–Crippen MR) is 90.5 cm³/mol. The molecule has 0 aliphatic carbocycles. The molecule has 9 heteroatoms. The van der Waals surface area contributed by atoms with Crippen LogP contribution in [0.5, 0.6) is 0 Å². The van der Waals surface area contributed by atoms with Crippen LogP contribution in [-0.4, -0.2) is 56.8 Å². The highest BCUT2D eigenvalue weighted by atomic mass is 35.5. The van der Waals surface area contributed by atoms with E-state index in [4.69, 9.17) is 0 Å². The molecule has 1 heterocycles. The van der Waals surface area contributed by atoms with Crippen molar-refractivity contribution in [2.45, 2.75) is 38.3 Å². The Morgan fingerprint density at radius 3 is 2.30 bits per heavy atom. The van der Waals surface area contributed by atoms with Crippen molar-refractivity contribution in [1.82, 2.24) is 15.5 Å². The lowest BCUT2D eigenvalue weighted by Gasteiger charge is -2.32. The summed E-state index contributed by atoms with van der Waals surface area (Å²) in [6.45, 7) is 1.65. The van der Waals surface area contributed by atoms with Gasteiger partial charge in [0.25, 0.3) is 0 Å². The number of carbonyl (C=O) groups excluding carboxylic acids is 1. The Labute approximate surface area is 148 Å². The molecule has 0 radical (unpaired) electrons. The fourth-order valence-electron chi connectivity index (χ4n) is 2.62. The van der Waals surface area contributed by atoms with Crippen LogP contribution in [0.3, 0.4) is 0 Å². The van der Waals surface area contributed by atoms with E-state index in [1.807, 2.05) is 7.05 Å². The lowest BCUT2D eigenvalue weighted by atomic mass is 9.93. The quantitative estimate of drug-likeness (QED) is 0.635. The van der Waals surface area contributed by atoms with E-state index < -0.39 is 12.7 Å². The summed E-state index contributed by atoms with van der Waals surface area (Å²) in [7, 11) is 1.85. The van der Waals surface area contributed by atoms with Crippen LogP contribution in [0.1, 0.15) is 32.1 Å². The molecule has 0 atom stereocenters. The van der Waals surface area contributed by atoms with Crippen molar-refractivity contribution >= 4 is 30.7 Å². The van der Waals surface area contributed by atoms with E-state index in [9.17, 15) is 18.0 Å². The van der Waals surface area contributed by atoms with Crippen LogP contribution in [0.25, 0.3) is 0 Å². The van der Waals surface area contributed by atoms with Crippen LogP contribution in [0.15, 0.2) is 0 Å². The van der Waals surface area contributed by atoms with E-state index in [1.165, 1.54) is 4.90 Å². The summed E-state index contributed by atoms with van der Waals surface area (Å²) in [5, 5.41) is 5.86. The Morgan fingerprint density at radius 1 is 1.17 bits per heavy atom. The lowest BCUT2D eigenvalue weighted by Crippen LogP contribution is -2.40. The fraction of sp³-hybridized carbons (Fsp3) is 0.929. The molecule has 1 amide bonds. The Bertz CT molecular complexity index is 312. The van der Waals surface area contributed by atoms with Crippen molar-refractivity contribution in [3.63, 3.8) is 0 Å². The average molecular weight is 382 g/mol. The molecule has 0 saturated carbocycles. The van der Waals surface area contributed by atoms with Crippen LogP contribution in [0.4, 0.5) is 13.2 Å². The van der Waals surface area contributed by atoms with Gasteiger partial charge < -0.3 is 10.6 Å². The molecule has 1 saturated heterocycles. The summed E-state index contributed by atoms with van der Waals surface area (Å²) in [5.74, 6) is 0.479. The highest BCUT2D eigenvalue weighted by Gasteiger charge is 2.32. The van der Waals surface area contributed by atoms with E-state index in [-0.39, 0.29) is 30.7 Å². The molecule has 1 rings (SSSR count).